The van der Waals surface area contributed by atoms with Crippen LogP contribution in [0.5, 0.6) is 0 Å². The average Bonchev–Trinajstić information content (AvgIpc) is 2.80. The number of rotatable bonds is 5. The standard InChI is InChI=1S/C15H21N3S/c1-5-12-6-8-13(9-7-12)18(4)15-17-11(2)14(19-15)10-16-3/h6-9,16H,5,10H2,1-4H3. The molecule has 0 atom stereocenters. The zero-order valence-electron chi connectivity index (χ0n) is 12.0. The van der Waals surface area contributed by atoms with Gasteiger partial charge >= 0.3 is 0 Å². The topological polar surface area (TPSA) is 28.2 Å². The zero-order valence-corrected chi connectivity index (χ0v) is 12.8. The van der Waals surface area contributed by atoms with Crippen molar-refractivity contribution in [1.82, 2.24) is 10.3 Å². The molecule has 102 valence electrons. The van der Waals surface area contributed by atoms with Crippen LogP contribution in [0.3, 0.4) is 0 Å². The maximum absolute atomic E-state index is 4.65. The third-order valence-electron chi connectivity index (χ3n) is 3.24. The van der Waals surface area contributed by atoms with Gasteiger partial charge in [-0.1, -0.05) is 30.4 Å². The van der Waals surface area contributed by atoms with Crippen LogP contribution < -0.4 is 10.2 Å². The Morgan fingerprint density at radius 3 is 2.53 bits per heavy atom. The molecule has 1 N–H and O–H groups in total. The second kappa shape index (κ2) is 6.17. The molecule has 1 aromatic carbocycles. The monoisotopic (exact) mass is 275 g/mol. The van der Waals surface area contributed by atoms with Crippen molar-refractivity contribution >= 4 is 22.2 Å². The van der Waals surface area contributed by atoms with E-state index >= 15 is 0 Å². The molecule has 0 radical (unpaired) electrons. The first kappa shape index (κ1) is 14.0. The smallest absolute Gasteiger partial charge is 0.190 e. The Morgan fingerprint density at radius 2 is 1.95 bits per heavy atom. The van der Waals surface area contributed by atoms with E-state index in [1.54, 1.807) is 11.3 Å². The lowest BCUT2D eigenvalue weighted by Gasteiger charge is -2.16. The summed E-state index contributed by atoms with van der Waals surface area (Å²) in [6, 6.07) is 8.68. The van der Waals surface area contributed by atoms with Crippen LogP contribution in [-0.2, 0) is 13.0 Å². The van der Waals surface area contributed by atoms with E-state index in [1.807, 2.05) is 7.05 Å². The summed E-state index contributed by atoms with van der Waals surface area (Å²) < 4.78 is 0. The van der Waals surface area contributed by atoms with Crippen molar-refractivity contribution in [2.45, 2.75) is 26.8 Å². The van der Waals surface area contributed by atoms with E-state index in [0.717, 1.165) is 23.8 Å². The van der Waals surface area contributed by atoms with E-state index < -0.39 is 0 Å². The Hall–Kier alpha value is -1.39. The van der Waals surface area contributed by atoms with Gasteiger partial charge in [-0.3, -0.25) is 0 Å². The number of hydrogen-bond acceptors (Lipinski definition) is 4. The summed E-state index contributed by atoms with van der Waals surface area (Å²) in [6.07, 6.45) is 1.08. The lowest BCUT2D eigenvalue weighted by atomic mass is 10.1. The average molecular weight is 275 g/mol. The molecule has 19 heavy (non-hydrogen) atoms. The Kier molecular flexibility index (Phi) is 4.56. The molecule has 4 heteroatoms. The highest BCUT2D eigenvalue weighted by Gasteiger charge is 2.12. The molecule has 0 amide bonds. The fraction of sp³-hybridized carbons (Fsp3) is 0.400. The summed E-state index contributed by atoms with van der Waals surface area (Å²) >= 11 is 1.75. The molecule has 0 aliphatic carbocycles. The SMILES string of the molecule is CCc1ccc(N(C)c2nc(C)c(CNC)s2)cc1. The van der Waals surface area contributed by atoms with Gasteiger partial charge in [0.05, 0.1) is 5.69 Å². The lowest BCUT2D eigenvalue weighted by molar-refractivity contribution is 0.822. The van der Waals surface area contributed by atoms with Gasteiger partial charge in [-0.25, -0.2) is 4.98 Å². The molecular formula is C15H21N3S. The fourth-order valence-corrected chi connectivity index (χ4v) is 3.00. The largest absolute Gasteiger partial charge is 0.321 e. The summed E-state index contributed by atoms with van der Waals surface area (Å²) in [6.45, 7) is 5.12. The van der Waals surface area contributed by atoms with Gasteiger partial charge in [-0.15, -0.1) is 0 Å². The van der Waals surface area contributed by atoms with Crippen molar-refractivity contribution < 1.29 is 0 Å². The van der Waals surface area contributed by atoms with E-state index in [0.29, 0.717) is 0 Å². The Labute approximate surface area is 119 Å². The zero-order chi connectivity index (χ0) is 13.8. The minimum absolute atomic E-state index is 0.881. The van der Waals surface area contributed by atoms with Crippen LogP contribution in [0.15, 0.2) is 24.3 Å². The van der Waals surface area contributed by atoms with Crippen molar-refractivity contribution in [3.8, 4) is 0 Å². The third-order valence-corrected chi connectivity index (χ3v) is 4.47. The number of thiazole rings is 1. The van der Waals surface area contributed by atoms with Gasteiger partial charge in [0.2, 0.25) is 0 Å². The molecule has 0 aliphatic heterocycles. The first-order chi connectivity index (χ1) is 9.15. The first-order valence-corrected chi connectivity index (χ1v) is 7.41. The van der Waals surface area contributed by atoms with Gasteiger partial charge in [-0.2, -0.15) is 0 Å². The molecule has 2 aromatic rings. The van der Waals surface area contributed by atoms with E-state index in [2.05, 4.69) is 60.4 Å². The minimum atomic E-state index is 0.881. The maximum Gasteiger partial charge on any atom is 0.190 e. The van der Waals surface area contributed by atoms with E-state index in [1.165, 1.54) is 16.1 Å². The van der Waals surface area contributed by atoms with Crippen molar-refractivity contribution in [1.29, 1.82) is 0 Å². The van der Waals surface area contributed by atoms with Gasteiger partial charge in [0.25, 0.3) is 0 Å². The van der Waals surface area contributed by atoms with Crippen LogP contribution in [0.2, 0.25) is 0 Å². The number of aromatic nitrogens is 1. The number of hydrogen-bond donors (Lipinski definition) is 1. The third kappa shape index (κ3) is 3.14. The maximum atomic E-state index is 4.65. The molecule has 1 aromatic heterocycles. The second-order valence-electron chi connectivity index (χ2n) is 4.61. The van der Waals surface area contributed by atoms with Gasteiger partial charge in [0.1, 0.15) is 0 Å². The molecule has 0 saturated heterocycles. The molecule has 2 rings (SSSR count). The molecule has 0 aliphatic rings. The Bertz CT molecular complexity index is 531. The van der Waals surface area contributed by atoms with Gasteiger partial charge < -0.3 is 10.2 Å². The van der Waals surface area contributed by atoms with Crippen molar-refractivity contribution in [3.63, 3.8) is 0 Å². The quantitative estimate of drug-likeness (QED) is 0.905. The summed E-state index contributed by atoms with van der Waals surface area (Å²) in [5.41, 5.74) is 3.66. The summed E-state index contributed by atoms with van der Waals surface area (Å²) in [5.74, 6) is 0. The van der Waals surface area contributed by atoms with Crippen molar-refractivity contribution in [2.24, 2.45) is 0 Å². The Balaban J connectivity index is 2.22. The predicted octanol–water partition coefficient (Wildman–Crippen LogP) is 3.50. The molecule has 1 heterocycles. The Morgan fingerprint density at radius 1 is 1.26 bits per heavy atom. The minimum Gasteiger partial charge on any atom is -0.321 e. The van der Waals surface area contributed by atoms with Gasteiger partial charge in [0.15, 0.2) is 5.13 Å². The molecule has 0 spiro atoms. The summed E-state index contributed by atoms with van der Waals surface area (Å²) in [4.78, 5) is 8.10. The van der Waals surface area contributed by atoms with Crippen LogP contribution in [0, 0.1) is 6.92 Å². The van der Waals surface area contributed by atoms with Crippen LogP contribution in [0.4, 0.5) is 10.8 Å². The van der Waals surface area contributed by atoms with Crippen LogP contribution in [0.25, 0.3) is 0 Å². The lowest BCUT2D eigenvalue weighted by Crippen LogP contribution is -2.08. The van der Waals surface area contributed by atoms with E-state index in [4.69, 9.17) is 0 Å². The second-order valence-corrected chi connectivity index (χ2v) is 5.68. The van der Waals surface area contributed by atoms with E-state index in [-0.39, 0.29) is 0 Å². The summed E-state index contributed by atoms with van der Waals surface area (Å²) in [7, 11) is 4.04. The van der Waals surface area contributed by atoms with Crippen LogP contribution >= 0.6 is 11.3 Å². The van der Waals surface area contributed by atoms with Crippen molar-refractivity contribution in [3.05, 3.63) is 40.4 Å². The molecule has 0 bridgehead atoms. The molecule has 0 unspecified atom stereocenters. The first-order valence-electron chi connectivity index (χ1n) is 6.59. The molecular weight excluding hydrogens is 254 g/mol. The fourth-order valence-electron chi connectivity index (χ4n) is 1.95. The highest BCUT2D eigenvalue weighted by atomic mass is 32.1. The predicted molar refractivity (Wildman–Crippen MR) is 83.5 cm³/mol. The number of anilines is 2. The number of nitrogens with one attached hydrogen (secondary N) is 1. The molecule has 3 nitrogen and oxygen atoms in total. The number of benzene rings is 1. The highest BCUT2D eigenvalue weighted by Crippen LogP contribution is 2.30. The van der Waals surface area contributed by atoms with Gasteiger partial charge in [0, 0.05) is 24.2 Å². The molecule has 0 fully saturated rings. The summed E-state index contributed by atoms with van der Waals surface area (Å²) in [5, 5.41) is 4.23. The van der Waals surface area contributed by atoms with E-state index in [9.17, 15) is 0 Å². The van der Waals surface area contributed by atoms with Gasteiger partial charge in [-0.05, 0) is 38.1 Å². The van der Waals surface area contributed by atoms with Crippen LogP contribution in [-0.4, -0.2) is 19.1 Å². The highest BCUT2D eigenvalue weighted by molar-refractivity contribution is 7.15. The number of nitrogens with zero attached hydrogens (tertiary/aromatic N) is 2. The normalized spacial score (nSPS) is 10.7. The number of aryl methyl sites for hydroxylation is 2. The van der Waals surface area contributed by atoms with Crippen LogP contribution in [0.1, 0.15) is 23.1 Å². The molecule has 0 saturated carbocycles. The van der Waals surface area contributed by atoms with Crippen molar-refractivity contribution in [2.75, 3.05) is 19.0 Å².